The van der Waals surface area contributed by atoms with E-state index in [1.165, 1.54) is 11.1 Å². The van der Waals surface area contributed by atoms with Crippen LogP contribution in [0.15, 0.2) is 18.5 Å². The molecule has 6 bridgehead atoms. The first-order chi connectivity index (χ1) is 21.3. The number of rotatable bonds is 3. The highest BCUT2D eigenvalue weighted by Crippen LogP contribution is 2.40. The Morgan fingerprint density at radius 1 is 1.20 bits per heavy atom. The van der Waals surface area contributed by atoms with Crippen molar-refractivity contribution in [3.05, 3.63) is 34.9 Å². The summed E-state index contributed by atoms with van der Waals surface area (Å²) in [5.74, 6) is -3.11. The number of H-pyrrole nitrogens is 1. The molecule has 8 rings (SSSR count). The molecule has 4 aliphatic heterocycles. The van der Waals surface area contributed by atoms with Gasteiger partial charge in [0.2, 0.25) is 0 Å². The monoisotopic (exact) mass is 629 g/mol. The van der Waals surface area contributed by atoms with Gasteiger partial charge in [0, 0.05) is 34.8 Å². The summed E-state index contributed by atoms with van der Waals surface area (Å²) in [7, 11) is 2.02. The number of alkyl halides is 1. The van der Waals surface area contributed by atoms with Crippen molar-refractivity contribution in [1.29, 1.82) is 0 Å². The topological polar surface area (TPSA) is 128 Å². The van der Waals surface area contributed by atoms with Crippen molar-refractivity contribution in [2.75, 3.05) is 58.0 Å². The largest absolute Gasteiger partial charge is 0.511 e. The summed E-state index contributed by atoms with van der Waals surface area (Å²) in [5.41, 5.74) is 1.58. The molecule has 232 valence electrons. The molecule has 0 amide bonds. The van der Waals surface area contributed by atoms with Crippen LogP contribution in [0.4, 0.5) is 19.4 Å². The number of carbonyl (C=O) groups is 1. The van der Waals surface area contributed by atoms with Crippen molar-refractivity contribution in [2.24, 2.45) is 0 Å². The summed E-state index contributed by atoms with van der Waals surface area (Å²) < 4.78 is 54.7. The highest BCUT2D eigenvalue weighted by molar-refractivity contribution is 6.33. The van der Waals surface area contributed by atoms with Crippen LogP contribution in [0, 0.1) is 5.82 Å². The summed E-state index contributed by atoms with van der Waals surface area (Å²) >= 11 is 6.70. The molecule has 2 atom stereocenters. The number of aromatic amines is 1. The number of ether oxygens (including phenoxy) is 4. The third-order valence-electron chi connectivity index (χ3n) is 8.36. The molecule has 3 aromatic heterocycles. The Hall–Kier alpha value is -3.88. The standard InChI is InChI=1S/C29H30ClF2N7O5/c1-38-6-2-4-16(38)13-43-27-35-24-19-11-33-25(23(24)31)22-17(20(30)10-21-18(22)12-34-37-21)5-3-8-42-28(40)44-29(32)14-39(26(19)36-27)7-9-41-15-29/h10-12,16H,2-9,13-15H2,1H3,(H,34,37)/t16-,29+/m0/s1. The zero-order valence-electron chi connectivity index (χ0n) is 23.9. The molecule has 15 heteroatoms. The molecule has 0 saturated carbocycles. The van der Waals surface area contributed by atoms with Crippen molar-refractivity contribution in [3.63, 3.8) is 0 Å². The summed E-state index contributed by atoms with van der Waals surface area (Å²) in [6, 6.07) is 1.78. The predicted molar refractivity (Wildman–Crippen MR) is 156 cm³/mol. The minimum absolute atomic E-state index is 0.0130. The van der Waals surface area contributed by atoms with E-state index in [0.29, 0.717) is 40.1 Å². The minimum Gasteiger partial charge on any atom is -0.462 e. The van der Waals surface area contributed by atoms with Gasteiger partial charge in [-0.1, -0.05) is 11.6 Å². The first-order valence-electron chi connectivity index (χ1n) is 14.5. The van der Waals surface area contributed by atoms with Gasteiger partial charge >= 0.3 is 12.2 Å². The minimum atomic E-state index is -2.57. The lowest BCUT2D eigenvalue weighted by Gasteiger charge is -2.29. The maximum absolute atomic E-state index is 16.8. The van der Waals surface area contributed by atoms with Crippen LogP contribution in [0.3, 0.4) is 0 Å². The van der Waals surface area contributed by atoms with Gasteiger partial charge in [0.1, 0.15) is 30.2 Å². The molecule has 0 spiro atoms. The van der Waals surface area contributed by atoms with Gasteiger partial charge in [0.25, 0.3) is 5.85 Å². The Kier molecular flexibility index (Phi) is 7.58. The summed E-state index contributed by atoms with van der Waals surface area (Å²) in [6.07, 6.45) is 4.44. The number of nitrogens with one attached hydrogen (secondary N) is 1. The van der Waals surface area contributed by atoms with E-state index in [1.54, 1.807) is 12.3 Å². The molecule has 2 saturated heterocycles. The van der Waals surface area contributed by atoms with Gasteiger partial charge in [-0.15, -0.1) is 0 Å². The van der Waals surface area contributed by atoms with Gasteiger partial charge in [-0.05, 0) is 50.9 Å². The van der Waals surface area contributed by atoms with Gasteiger partial charge < -0.3 is 28.7 Å². The summed E-state index contributed by atoms with van der Waals surface area (Å²) in [5, 5.41) is 8.21. The number of pyridine rings is 1. The van der Waals surface area contributed by atoms with Crippen LogP contribution in [0.2, 0.25) is 5.02 Å². The highest BCUT2D eigenvalue weighted by Gasteiger charge is 2.41. The lowest BCUT2D eigenvalue weighted by atomic mass is 9.95. The van der Waals surface area contributed by atoms with Crippen LogP contribution >= 0.6 is 11.6 Å². The van der Waals surface area contributed by atoms with E-state index in [0.717, 1.165) is 19.4 Å². The van der Waals surface area contributed by atoms with Crippen molar-refractivity contribution in [2.45, 2.75) is 37.6 Å². The lowest BCUT2D eigenvalue weighted by molar-refractivity contribution is -0.144. The molecule has 2 fully saturated rings. The van der Waals surface area contributed by atoms with Crippen molar-refractivity contribution < 1.29 is 32.5 Å². The second kappa shape index (κ2) is 11.6. The van der Waals surface area contributed by atoms with E-state index in [-0.39, 0.29) is 60.6 Å². The Morgan fingerprint density at radius 2 is 2.09 bits per heavy atom. The number of hydrogen-bond donors (Lipinski definition) is 1. The molecule has 44 heavy (non-hydrogen) atoms. The van der Waals surface area contributed by atoms with Crippen LogP contribution in [-0.2, 0) is 20.6 Å². The van der Waals surface area contributed by atoms with Gasteiger partial charge in [0.15, 0.2) is 5.82 Å². The van der Waals surface area contributed by atoms with E-state index in [4.69, 9.17) is 30.5 Å². The number of fused-ring (bicyclic) bond motifs is 7. The molecule has 7 heterocycles. The van der Waals surface area contributed by atoms with Crippen LogP contribution in [0.25, 0.3) is 33.1 Å². The van der Waals surface area contributed by atoms with E-state index < -0.39 is 31.0 Å². The SMILES string of the molecule is CN1CCC[C@H]1COc1nc2c3cnc(c(F)c3n1)-c1c(c(Cl)cc3[nH]ncc13)CCCOC(=O)O[C@@]1(F)COCCN2C1. The number of benzene rings is 1. The van der Waals surface area contributed by atoms with E-state index >= 15 is 8.78 Å². The highest BCUT2D eigenvalue weighted by atomic mass is 35.5. The molecule has 0 unspecified atom stereocenters. The van der Waals surface area contributed by atoms with Crippen molar-refractivity contribution in [1.82, 2.24) is 30.0 Å². The maximum atomic E-state index is 16.8. The van der Waals surface area contributed by atoms with Gasteiger partial charge in [-0.25, -0.2) is 9.18 Å². The second-order valence-corrected chi connectivity index (χ2v) is 11.7. The van der Waals surface area contributed by atoms with Crippen LogP contribution in [0.1, 0.15) is 24.8 Å². The van der Waals surface area contributed by atoms with Crippen LogP contribution < -0.4 is 9.64 Å². The number of halogens is 3. The van der Waals surface area contributed by atoms with E-state index in [1.807, 2.05) is 7.05 Å². The molecule has 0 aliphatic carbocycles. The molecule has 12 nitrogen and oxygen atoms in total. The maximum Gasteiger partial charge on any atom is 0.511 e. The number of likely N-dealkylation sites (tertiary alicyclic amines) is 1. The van der Waals surface area contributed by atoms with Gasteiger partial charge in [-0.3, -0.25) is 10.1 Å². The molecular weight excluding hydrogens is 600 g/mol. The molecule has 1 N–H and O–H groups in total. The quantitative estimate of drug-likeness (QED) is 0.323. The van der Waals surface area contributed by atoms with Crippen molar-refractivity contribution in [3.8, 4) is 17.3 Å². The van der Waals surface area contributed by atoms with E-state index in [9.17, 15) is 4.79 Å². The third-order valence-corrected chi connectivity index (χ3v) is 8.70. The first kappa shape index (κ1) is 28.9. The second-order valence-electron chi connectivity index (χ2n) is 11.3. The first-order valence-corrected chi connectivity index (χ1v) is 14.9. The average Bonchev–Trinajstić information content (AvgIpc) is 3.58. The predicted octanol–water partition coefficient (Wildman–Crippen LogP) is 4.44. The number of anilines is 1. The molecular formula is C29H30ClF2N7O5. The van der Waals surface area contributed by atoms with Crippen LogP contribution in [-0.4, -0.2) is 101 Å². The Labute approximate surface area is 255 Å². The number of likely N-dealkylation sites (N-methyl/N-ethyl adjacent to an activating group) is 1. The lowest BCUT2D eigenvalue weighted by Crippen LogP contribution is -2.45. The molecule has 4 aromatic rings. The normalized spacial score (nSPS) is 23.1. The van der Waals surface area contributed by atoms with Crippen molar-refractivity contribution >= 4 is 45.4 Å². The molecule has 1 aromatic carbocycles. The van der Waals surface area contributed by atoms with E-state index in [2.05, 4.69) is 30.0 Å². The zero-order valence-corrected chi connectivity index (χ0v) is 24.7. The summed E-state index contributed by atoms with van der Waals surface area (Å²) in [6.45, 7) is 0.443. The van der Waals surface area contributed by atoms with Gasteiger partial charge in [0.05, 0.1) is 36.9 Å². The molecule has 0 radical (unpaired) electrons. The number of hydrogen-bond acceptors (Lipinski definition) is 11. The third kappa shape index (κ3) is 5.35. The zero-order chi connectivity index (χ0) is 30.4. The Bertz CT molecular complexity index is 1740. The Balaban J connectivity index is 1.43. The smallest absolute Gasteiger partial charge is 0.462 e. The Morgan fingerprint density at radius 3 is 2.93 bits per heavy atom. The van der Waals surface area contributed by atoms with Gasteiger partial charge in [-0.2, -0.15) is 19.5 Å². The molecule has 4 aliphatic rings. The summed E-state index contributed by atoms with van der Waals surface area (Å²) in [4.78, 5) is 29.9. The van der Waals surface area contributed by atoms with Crippen LogP contribution in [0.5, 0.6) is 6.01 Å². The fourth-order valence-electron chi connectivity index (χ4n) is 6.11. The average molecular weight is 630 g/mol. The number of nitrogens with zero attached hydrogens (tertiary/aromatic N) is 6. The number of carbonyl (C=O) groups excluding carboxylic acids is 1. The fourth-order valence-corrected chi connectivity index (χ4v) is 6.41. The number of aromatic nitrogens is 5. The fraction of sp³-hybridized carbons (Fsp3) is 0.483.